The van der Waals surface area contributed by atoms with Gasteiger partial charge in [-0.25, -0.2) is 0 Å². The number of nitrogens with zero attached hydrogens (tertiary/aromatic N) is 2. The van der Waals surface area contributed by atoms with E-state index in [4.69, 9.17) is 0 Å². The van der Waals surface area contributed by atoms with E-state index in [0.717, 1.165) is 24.2 Å². The highest BCUT2D eigenvalue weighted by molar-refractivity contribution is 4.93. The largest absolute Gasteiger partial charge is 0.312 e. The van der Waals surface area contributed by atoms with Gasteiger partial charge in [0.25, 0.3) is 0 Å². The second-order valence-electron chi connectivity index (χ2n) is 6.93. The minimum atomic E-state index is 0.736. The minimum Gasteiger partial charge on any atom is -0.312 e. The molecule has 0 bridgehead atoms. The molecule has 3 unspecified atom stereocenters. The Balaban J connectivity index is 1.57. The third kappa shape index (κ3) is 3.32. The zero-order valence-corrected chi connectivity index (χ0v) is 12.8. The first kappa shape index (κ1) is 13.8. The van der Waals surface area contributed by atoms with Crippen molar-refractivity contribution in [3.8, 4) is 0 Å². The van der Waals surface area contributed by atoms with Gasteiger partial charge in [-0.05, 0) is 45.6 Å². The normalized spacial score (nSPS) is 35.1. The van der Waals surface area contributed by atoms with Crippen LogP contribution >= 0.6 is 0 Å². The van der Waals surface area contributed by atoms with Crippen LogP contribution in [0.4, 0.5) is 0 Å². The lowest BCUT2D eigenvalue weighted by molar-refractivity contribution is -0.00851. The monoisotopic (exact) mass is 265 g/mol. The van der Waals surface area contributed by atoms with Crippen LogP contribution in [0, 0.1) is 0 Å². The van der Waals surface area contributed by atoms with Gasteiger partial charge < -0.3 is 5.32 Å². The van der Waals surface area contributed by atoms with Crippen LogP contribution in [-0.4, -0.2) is 60.1 Å². The lowest BCUT2D eigenvalue weighted by Gasteiger charge is -2.50. The highest BCUT2D eigenvalue weighted by Gasteiger charge is 2.35. The zero-order chi connectivity index (χ0) is 13.2. The summed E-state index contributed by atoms with van der Waals surface area (Å²) in [7, 11) is 0. The number of piperidine rings is 1. The van der Waals surface area contributed by atoms with Crippen molar-refractivity contribution in [3.05, 3.63) is 0 Å². The Morgan fingerprint density at radius 3 is 2.74 bits per heavy atom. The van der Waals surface area contributed by atoms with Gasteiger partial charge in [0.2, 0.25) is 0 Å². The molecule has 2 heterocycles. The average Bonchev–Trinajstić information content (AvgIpc) is 3.24. The molecule has 0 radical (unpaired) electrons. The van der Waals surface area contributed by atoms with Crippen LogP contribution in [-0.2, 0) is 0 Å². The first-order valence-corrected chi connectivity index (χ1v) is 8.51. The Labute approximate surface area is 118 Å². The molecule has 0 aromatic rings. The third-order valence-electron chi connectivity index (χ3n) is 5.40. The Morgan fingerprint density at radius 1 is 1.16 bits per heavy atom. The van der Waals surface area contributed by atoms with E-state index in [1.54, 1.807) is 0 Å². The molecule has 3 heteroatoms. The predicted molar refractivity (Wildman–Crippen MR) is 80.5 cm³/mol. The highest BCUT2D eigenvalue weighted by atomic mass is 15.3. The van der Waals surface area contributed by atoms with Crippen LogP contribution in [0.15, 0.2) is 0 Å². The van der Waals surface area contributed by atoms with Gasteiger partial charge in [-0.15, -0.1) is 0 Å². The maximum Gasteiger partial charge on any atom is 0.0224 e. The van der Waals surface area contributed by atoms with E-state index in [1.807, 2.05) is 0 Å². The Bertz CT molecular complexity index is 290. The van der Waals surface area contributed by atoms with Crippen LogP contribution in [0.5, 0.6) is 0 Å². The maximum absolute atomic E-state index is 3.74. The summed E-state index contributed by atoms with van der Waals surface area (Å²) >= 11 is 0. The van der Waals surface area contributed by atoms with E-state index in [1.165, 1.54) is 64.7 Å². The molecule has 110 valence electrons. The second kappa shape index (κ2) is 6.11. The van der Waals surface area contributed by atoms with Gasteiger partial charge >= 0.3 is 0 Å². The lowest BCUT2D eigenvalue weighted by atomic mass is 9.95. The first-order valence-electron chi connectivity index (χ1n) is 8.51. The maximum atomic E-state index is 3.74. The summed E-state index contributed by atoms with van der Waals surface area (Å²) in [5.41, 5.74) is 0. The molecule has 19 heavy (non-hydrogen) atoms. The van der Waals surface area contributed by atoms with E-state index in [0.29, 0.717) is 0 Å². The molecule has 3 rings (SSSR count). The standard InChI is InChI=1S/C16H31N3/c1-3-15(10-17-14-7-8-14)19-12-16-6-4-5-9-18(16)11-13(19)2/h13-17H,3-12H2,1-2H3. The molecule has 0 aromatic carbocycles. The van der Waals surface area contributed by atoms with Crippen molar-refractivity contribution in [3.63, 3.8) is 0 Å². The summed E-state index contributed by atoms with van der Waals surface area (Å²) < 4.78 is 0. The van der Waals surface area contributed by atoms with E-state index in [-0.39, 0.29) is 0 Å². The summed E-state index contributed by atoms with van der Waals surface area (Å²) in [4.78, 5) is 5.56. The Hall–Kier alpha value is -0.120. The van der Waals surface area contributed by atoms with Crippen molar-refractivity contribution in [1.29, 1.82) is 0 Å². The van der Waals surface area contributed by atoms with E-state index in [2.05, 4.69) is 29.0 Å². The van der Waals surface area contributed by atoms with Gasteiger partial charge in [-0.3, -0.25) is 9.80 Å². The van der Waals surface area contributed by atoms with Crippen molar-refractivity contribution in [2.45, 2.75) is 76.5 Å². The number of hydrogen-bond donors (Lipinski definition) is 1. The predicted octanol–water partition coefficient (Wildman–Crippen LogP) is 2.08. The summed E-state index contributed by atoms with van der Waals surface area (Å²) in [5.74, 6) is 0. The highest BCUT2D eigenvalue weighted by Crippen LogP contribution is 2.26. The molecule has 0 aromatic heterocycles. The van der Waals surface area contributed by atoms with Crippen LogP contribution in [0.1, 0.15) is 52.4 Å². The molecular formula is C16H31N3. The van der Waals surface area contributed by atoms with E-state index >= 15 is 0 Å². The SMILES string of the molecule is CCC(CNC1CC1)N1CC2CCCCN2CC1C. The summed E-state index contributed by atoms with van der Waals surface area (Å²) in [6.45, 7) is 9.96. The lowest BCUT2D eigenvalue weighted by Crippen LogP contribution is -2.62. The van der Waals surface area contributed by atoms with Crippen LogP contribution in [0.25, 0.3) is 0 Å². The molecule has 3 nitrogen and oxygen atoms in total. The summed E-state index contributed by atoms with van der Waals surface area (Å²) in [6.07, 6.45) is 8.39. The molecule has 0 amide bonds. The van der Waals surface area contributed by atoms with Crippen molar-refractivity contribution in [2.24, 2.45) is 0 Å². The fourth-order valence-electron chi connectivity index (χ4n) is 3.97. The van der Waals surface area contributed by atoms with Gasteiger partial charge in [-0.2, -0.15) is 0 Å². The topological polar surface area (TPSA) is 18.5 Å². The Morgan fingerprint density at radius 2 is 2.00 bits per heavy atom. The molecule has 0 spiro atoms. The van der Waals surface area contributed by atoms with Crippen LogP contribution in [0.2, 0.25) is 0 Å². The third-order valence-corrected chi connectivity index (χ3v) is 5.40. The van der Waals surface area contributed by atoms with Gasteiger partial charge in [0.05, 0.1) is 0 Å². The van der Waals surface area contributed by atoms with Crippen molar-refractivity contribution in [1.82, 2.24) is 15.1 Å². The molecule has 3 aliphatic rings. The fraction of sp³-hybridized carbons (Fsp3) is 1.00. The van der Waals surface area contributed by atoms with Gasteiger partial charge in [0.1, 0.15) is 0 Å². The van der Waals surface area contributed by atoms with Crippen molar-refractivity contribution >= 4 is 0 Å². The van der Waals surface area contributed by atoms with E-state index in [9.17, 15) is 0 Å². The quantitative estimate of drug-likeness (QED) is 0.821. The average molecular weight is 265 g/mol. The second-order valence-corrected chi connectivity index (χ2v) is 6.93. The molecule has 1 aliphatic carbocycles. The number of rotatable bonds is 5. The number of piperazine rings is 1. The molecule has 1 saturated carbocycles. The Kier molecular flexibility index (Phi) is 4.45. The molecule has 3 fully saturated rings. The van der Waals surface area contributed by atoms with Crippen molar-refractivity contribution in [2.75, 3.05) is 26.2 Å². The molecular weight excluding hydrogens is 234 g/mol. The van der Waals surface area contributed by atoms with Crippen LogP contribution < -0.4 is 5.32 Å². The van der Waals surface area contributed by atoms with Gasteiger partial charge in [-0.1, -0.05) is 13.3 Å². The minimum absolute atomic E-state index is 0.736. The molecule has 2 saturated heterocycles. The smallest absolute Gasteiger partial charge is 0.0224 e. The van der Waals surface area contributed by atoms with Crippen LogP contribution in [0.3, 0.4) is 0 Å². The first-order chi connectivity index (χ1) is 9.28. The fourth-order valence-corrected chi connectivity index (χ4v) is 3.97. The number of fused-ring (bicyclic) bond motifs is 1. The number of nitrogens with one attached hydrogen (secondary N) is 1. The van der Waals surface area contributed by atoms with E-state index < -0.39 is 0 Å². The zero-order valence-electron chi connectivity index (χ0n) is 12.8. The van der Waals surface area contributed by atoms with Gasteiger partial charge in [0.15, 0.2) is 0 Å². The molecule has 3 atom stereocenters. The summed E-state index contributed by atoms with van der Waals surface area (Å²) in [6, 6.07) is 3.18. The summed E-state index contributed by atoms with van der Waals surface area (Å²) in [5, 5.41) is 3.74. The van der Waals surface area contributed by atoms with Crippen molar-refractivity contribution < 1.29 is 0 Å². The van der Waals surface area contributed by atoms with Gasteiger partial charge in [0, 0.05) is 43.8 Å². The molecule has 1 N–H and O–H groups in total. The number of hydrogen-bond acceptors (Lipinski definition) is 3. The molecule has 2 aliphatic heterocycles.